The number of fused-ring (bicyclic) bond motifs is 1. The Morgan fingerprint density at radius 1 is 1.11 bits per heavy atom. The SMILES string of the molecule is CC(=O)N1CCN(C(C)=O)c2cc([N+](=O)[O-])ccc21. The molecule has 2 rings (SSSR count). The van der Waals surface area contributed by atoms with Crippen LogP contribution in [0, 0.1) is 10.1 Å². The Bertz CT molecular complexity index is 570. The van der Waals surface area contributed by atoms with Crippen molar-refractivity contribution in [1.82, 2.24) is 0 Å². The van der Waals surface area contributed by atoms with Gasteiger partial charge in [-0.3, -0.25) is 19.7 Å². The van der Waals surface area contributed by atoms with E-state index >= 15 is 0 Å². The summed E-state index contributed by atoms with van der Waals surface area (Å²) in [5.74, 6) is -0.358. The van der Waals surface area contributed by atoms with Gasteiger partial charge in [0.05, 0.1) is 16.3 Å². The summed E-state index contributed by atoms with van der Waals surface area (Å²) in [6.07, 6.45) is 0. The maximum absolute atomic E-state index is 11.6. The van der Waals surface area contributed by atoms with Gasteiger partial charge in [-0.05, 0) is 6.07 Å². The van der Waals surface area contributed by atoms with Gasteiger partial charge in [0.25, 0.3) is 5.69 Å². The first-order chi connectivity index (χ1) is 8.91. The molecule has 0 saturated heterocycles. The molecule has 0 atom stereocenters. The molecule has 0 aliphatic carbocycles. The number of hydrogen-bond acceptors (Lipinski definition) is 4. The van der Waals surface area contributed by atoms with Crippen LogP contribution in [-0.2, 0) is 9.59 Å². The zero-order valence-corrected chi connectivity index (χ0v) is 10.6. The second kappa shape index (κ2) is 4.68. The Labute approximate surface area is 109 Å². The van der Waals surface area contributed by atoms with Crippen LogP contribution in [-0.4, -0.2) is 29.8 Å². The summed E-state index contributed by atoms with van der Waals surface area (Å²) in [7, 11) is 0. The molecule has 0 spiro atoms. The Kier molecular flexibility index (Phi) is 3.20. The third kappa shape index (κ3) is 2.26. The van der Waals surface area contributed by atoms with E-state index in [-0.39, 0.29) is 17.5 Å². The Balaban J connectivity index is 2.57. The molecule has 0 aromatic heterocycles. The molecule has 7 heteroatoms. The molecule has 0 fully saturated rings. The maximum Gasteiger partial charge on any atom is 0.271 e. The van der Waals surface area contributed by atoms with E-state index in [1.807, 2.05) is 0 Å². The first kappa shape index (κ1) is 13.0. The number of carbonyl (C=O) groups is 2. The average molecular weight is 263 g/mol. The van der Waals surface area contributed by atoms with Crippen LogP contribution < -0.4 is 9.80 Å². The Morgan fingerprint density at radius 2 is 1.63 bits per heavy atom. The van der Waals surface area contributed by atoms with Crippen LogP contribution in [0.25, 0.3) is 0 Å². The lowest BCUT2D eigenvalue weighted by molar-refractivity contribution is -0.384. The number of hydrogen-bond donors (Lipinski definition) is 0. The number of non-ortho nitro benzene ring substituents is 1. The smallest absolute Gasteiger partial charge is 0.271 e. The minimum absolute atomic E-state index is 0.101. The van der Waals surface area contributed by atoms with E-state index in [2.05, 4.69) is 0 Å². The molecule has 0 bridgehead atoms. The van der Waals surface area contributed by atoms with Crippen LogP contribution in [0.2, 0.25) is 0 Å². The number of rotatable bonds is 1. The summed E-state index contributed by atoms with van der Waals surface area (Å²) in [6.45, 7) is 3.55. The molecule has 19 heavy (non-hydrogen) atoms. The number of nitrogens with zero attached hydrogens (tertiary/aromatic N) is 3. The topological polar surface area (TPSA) is 83.8 Å². The number of amides is 2. The highest BCUT2D eigenvalue weighted by atomic mass is 16.6. The van der Waals surface area contributed by atoms with Gasteiger partial charge in [-0.15, -0.1) is 0 Å². The molecular formula is C12H13N3O4. The first-order valence-electron chi connectivity index (χ1n) is 5.76. The molecule has 1 aliphatic heterocycles. The number of anilines is 2. The van der Waals surface area contributed by atoms with Crippen LogP contribution >= 0.6 is 0 Å². The van der Waals surface area contributed by atoms with Crippen molar-refractivity contribution >= 4 is 28.9 Å². The highest BCUT2D eigenvalue weighted by Gasteiger charge is 2.28. The van der Waals surface area contributed by atoms with Crippen LogP contribution in [0.15, 0.2) is 18.2 Å². The van der Waals surface area contributed by atoms with E-state index in [1.54, 1.807) is 0 Å². The van der Waals surface area contributed by atoms with Crippen LogP contribution in [0.3, 0.4) is 0 Å². The summed E-state index contributed by atoms with van der Waals surface area (Å²) in [5, 5.41) is 10.8. The predicted molar refractivity (Wildman–Crippen MR) is 69.2 cm³/mol. The van der Waals surface area contributed by atoms with E-state index < -0.39 is 4.92 Å². The van der Waals surface area contributed by atoms with E-state index in [9.17, 15) is 19.7 Å². The number of nitro benzene ring substituents is 1. The van der Waals surface area contributed by atoms with Gasteiger partial charge in [0, 0.05) is 39.1 Å². The van der Waals surface area contributed by atoms with E-state index in [1.165, 1.54) is 41.8 Å². The second-order valence-corrected chi connectivity index (χ2v) is 4.27. The van der Waals surface area contributed by atoms with Gasteiger partial charge in [-0.25, -0.2) is 0 Å². The fourth-order valence-electron chi connectivity index (χ4n) is 2.16. The summed E-state index contributed by atoms with van der Waals surface area (Å²) in [6, 6.07) is 4.16. The number of carbonyl (C=O) groups excluding carboxylic acids is 2. The van der Waals surface area contributed by atoms with Crippen molar-refractivity contribution in [2.75, 3.05) is 22.9 Å². The summed E-state index contributed by atoms with van der Waals surface area (Å²) < 4.78 is 0. The predicted octanol–water partition coefficient (Wildman–Crippen LogP) is 1.31. The molecule has 0 N–H and O–H groups in total. The molecule has 1 heterocycles. The van der Waals surface area contributed by atoms with Crippen molar-refractivity contribution in [3.63, 3.8) is 0 Å². The molecule has 1 aromatic rings. The third-order valence-electron chi connectivity index (χ3n) is 3.06. The van der Waals surface area contributed by atoms with Crippen molar-refractivity contribution in [2.24, 2.45) is 0 Å². The van der Waals surface area contributed by atoms with Crippen molar-refractivity contribution in [3.8, 4) is 0 Å². The summed E-state index contributed by atoms with van der Waals surface area (Å²) in [5.41, 5.74) is 0.832. The van der Waals surface area contributed by atoms with Crippen LogP contribution in [0.4, 0.5) is 17.1 Å². The highest BCUT2D eigenvalue weighted by molar-refractivity contribution is 6.03. The zero-order valence-electron chi connectivity index (χ0n) is 10.6. The van der Waals surface area contributed by atoms with Gasteiger partial charge < -0.3 is 9.80 Å². The molecule has 0 saturated carbocycles. The fraction of sp³-hybridized carbons (Fsp3) is 0.333. The molecule has 100 valence electrons. The van der Waals surface area contributed by atoms with E-state index in [4.69, 9.17) is 0 Å². The zero-order chi connectivity index (χ0) is 14.2. The van der Waals surface area contributed by atoms with Crippen molar-refractivity contribution in [1.29, 1.82) is 0 Å². The summed E-state index contributed by atoms with van der Waals surface area (Å²) >= 11 is 0. The molecule has 1 aromatic carbocycles. The molecule has 7 nitrogen and oxygen atoms in total. The average Bonchev–Trinajstić information content (AvgIpc) is 2.36. The number of nitro groups is 1. The number of benzene rings is 1. The monoisotopic (exact) mass is 263 g/mol. The van der Waals surface area contributed by atoms with Gasteiger partial charge in [-0.2, -0.15) is 0 Å². The fourth-order valence-corrected chi connectivity index (χ4v) is 2.16. The quantitative estimate of drug-likeness (QED) is 0.565. The van der Waals surface area contributed by atoms with Gasteiger partial charge >= 0.3 is 0 Å². The van der Waals surface area contributed by atoms with E-state index in [0.29, 0.717) is 24.5 Å². The molecule has 0 radical (unpaired) electrons. The normalized spacial score (nSPS) is 14.0. The van der Waals surface area contributed by atoms with Gasteiger partial charge in [0.15, 0.2) is 0 Å². The lowest BCUT2D eigenvalue weighted by atomic mass is 10.1. The summed E-state index contributed by atoms with van der Waals surface area (Å²) in [4.78, 5) is 36.4. The van der Waals surface area contributed by atoms with Gasteiger partial charge in [0.2, 0.25) is 11.8 Å². The van der Waals surface area contributed by atoms with E-state index in [0.717, 1.165) is 0 Å². The van der Waals surface area contributed by atoms with Crippen molar-refractivity contribution < 1.29 is 14.5 Å². The first-order valence-corrected chi connectivity index (χ1v) is 5.76. The lowest BCUT2D eigenvalue weighted by Crippen LogP contribution is -2.45. The minimum atomic E-state index is -0.523. The minimum Gasteiger partial charge on any atom is -0.309 e. The standard InChI is InChI=1S/C12H13N3O4/c1-8(16)13-5-6-14(9(2)17)12-7-10(15(18)19)3-4-11(12)13/h3-4,7H,5-6H2,1-2H3. The molecule has 2 amide bonds. The molecular weight excluding hydrogens is 250 g/mol. The second-order valence-electron chi connectivity index (χ2n) is 4.27. The van der Waals surface area contributed by atoms with Gasteiger partial charge in [0.1, 0.15) is 0 Å². The van der Waals surface area contributed by atoms with Crippen molar-refractivity contribution in [3.05, 3.63) is 28.3 Å². The largest absolute Gasteiger partial charge is 0.309 e. The van der Waals surface area contributed by atoms with Crippen LogP contribution in [0.1, 0.15) is 13.8 Å². The molecule has 1 aliphatic rings. The molecule has 0 unspecified atom stereocenters. The Hall–Kier alpha value is -2.44. The van der Waals surface area contributed by atoms with Gasteiger partial charge in [-0.1, -0.05) is 0 Å². The van der Waals surface area contributed by atoms with Crippen molar-refractivity contribution in [2.45, 2.75) is 13.8 Å². The third-order valence-corrected chi connectivity index (χ3v) is 3.06. The van der Waals surface area contributed by atoms with Crippen LogP contribution in [0.5, 0.6) is 0 Å². The lowest BCUT2D eigenvalue weighted by Gasteiger charge is -2.35. The Morgan fingerprint density at radius 3 is 2.11 bits per heavy atom. The maximum atomic E-state index is 11.6. The highest BCUT2D eigenvalue weighted by Crippen LogP contribution is 2.36.